The van der Waals surface area contributed by atoms with Gasteiger partial charge in [-0.15, -0.1) is 0 Å². The van der Waals surface area contributed by atoms with Gasteiger partial charge in [-0.3, -0.25) is 4.79 Å². The Morgan fingerprint density at radius 3 is 2.71 bits per heavy atom. The van der Waals surface area contributed by atoms with Gasteiger partial charge >= 0.3 is 0 Å². The summed E-state index contributed by atoms with van der Waals surface area (Å²) in [6.45, 7) is 7.09. The molecule has 2 bridgehead atoms. The van der Waals surface area contributed by atoms with Crippen LogP contribution in [0.4, 0.5) is 0 Å². The second-order valence-electron chi connectivity index (χ2n) is 6.15. The van der Waals surface area contributed by atoms with Gasteiger partial charge in [0.25, 0.3) is 0 Å². The monoisotopic (exact) mass is 254 g/mol. The van der Waals surface area contributed by atoms with E-state index in [1.807, 2.05) is 0 Å². The Morgan fingerprint density at radius 2 is 2.18 bits per heavy atom. The van der Waals surface area contributed by atoms with Crippen molar-refractivity contribution in [2.75, 3.05) is 13.9 Å². The van der Waals surface area contributed by atoms with Crippen molar-refractivity contribution < 1.29 is 14.3 Å². The third-order valence-electron chi connectivity index (χ3n) is 3.59. The Hall–Kier alpha value is -0.453. The molecule has 3 saturated carbocycles. The molecule has 0 radical (unpaired) electrons. The average molecular weight is 254 g/mol. The molecule has 0 unspecified atom stereocenters. The van der Waals surface area contributed by atoms with Crippen LogP contribution >= 0.6 is 0 Å². The Balaban J connectivity index is 2.26. The van der Waals surface area contributed by atoms with E-state index in [2.05, 4.69) is 25.3 Å². The van der Waals surface area contributed by atoms with Gasteiger partial charge in [0.1, 0.15) is 6.79 Å². The first kappa shape index (κ1) is 13.0. The smallest absolute Gasteiger partial charge is 0.176 e. The molecule has 3 aliphatic carbocycles. The van der Waals surface area contributed by atoms with Crippen LogP contribution in [0.3, 0.4) is 0 Å². The summed E-state index contributed by atoms with van der Waals surface area (Å²) in [5.74, 6) is 0.428. The van der Waals surface area contributed by atoms with Gasteiger partial charge in [0, 0.05) is 13.0 Å². The van der Waals surface area contributed by atoms with Crippen LogP contribution in [0.15, 0.2) is 11.3 Å². The minimum atomic E-state index is -1.31. The fraction of sp³-hybridized carbons (Fsp3) is 0.769. The fourth-order valence-electron chi connectivity index (χ4n) is 2.95. The fourth-order valence-corrected chi connectivity index (χ4v) is 4.32. The van der Waals surface area contributed by atoms with Crippen LogP contribution in [-0.4, -0.2) is 33.4 Å². The topological polar surface area (TPSA) is 35.5 Å². The highest BCUT2D eigenvalue weighted by Gasteiger charge is 2.61. The minimum absolute atomic E-state index is 0.146. The molecule has 0 amide bonds. The van der Waals surface area contributed by atoms with Crippen LogP contribution in [0.5, 0.6) is 0 Å². The maximum atomic E-state index is 12.2. The second-order valence-corrected chi connectivity index (χ2v) is 11.2. The molecular formula is C13H22O3Si. The Labute approximate surface area is 104 Å². The van der Waals surface area contributed by atoms with Crippen LogP contribution in [-0.2, 0) is 14.3 Å². The van der Waals surface area contributed by atoms with Crippen molar-refractivity contribution in [1.29, 1.82) is 0 Å². The van der Waals surface area contributed by atoms with Crippen molar-refractivity contribution in [2.45, 2.75) is 44.5 Å². The number of methoxy groups -OCH3 is 1. The van der Waals surface area contributed by atoms with Crippen LogP contribution < -0.4 is 0 Å². The lowest BCUT2D eigenvalue weighted by Crippen LogP contribution is -2.62. The summed E-state index contributed by atoms with van der Waals surface area (Å²) < 4.78 is 10.7. The van der Waals surface area contributed by atoms with E-state index in [9.17, 15) is 4.79 Å². The van der Waals surface area contributed by atoms with Crippen LogP contribution in [0.2, 0.25) is 19.6 Å². The normalized spacial score (nSPS) is 34.9. The lowest BCUT2D eigenvalue weighted by Gasteiger charge is -2.52. The minimum Gasteiger partial charge on any atom is -0.359 e. The van der Waals surface area contributed by atoms with Crippen molar-refractivity contribution in [3.63, 3.8) is 0 Å². The number of carbonyl (C=O) groups excluding carboxylic acids is 1. The number of carbonyl (C=O) groups is 1. The summed E-state index contributed by atoms with van der Waals surface area (Å²) in [4.78, 5) is 12.2. The summed E-state index contributed by atoms with van der Waals surface area (Å²) >= 11 is 0. The van der Waals surface area contributed by atoms with E-state index < -0.39 is 13.7 Å². The molecule has 96 valence electrons. The number of hydrogen-bond acceptors (Lipinski definition) is 3. The predicted molar refractivity (Wildman–Crippen MR) is 69.5 cm³/mol. The molecule has 0 N–H and O–H groups in total. The quantitative estimate of drug-likeness (QED) is 0.571. The molecule has 3 nitrogen and oxygen atoms in total. The molecule has 0 aliphatic heterocycles. The zero-order valence-electron chi connectivity index (χ0n) is 11.2. The predicted octanol–water partition coefficient (Wildman–Crippen LogP) is 2.53. The number of ether oxygens (including phenoxy) is 2. The SMILES string of the molecule is COCO[C@@]12CCC[C@H](C1=O)/C2=C/[Si](C)(C)C. The summed E-state index contributed by atoms with van der Waals surface area (Å²) in [6, 6.07) is 0. The Morgan fingerprint density at radius 1 is 1.47 bits per heavy atom. The van der Waals surface area contributed by atoms with Gasteiger partial charge in [-0.05, 0) is 24.8 Å². The van der Waals surface area contributed by atoms with E-state index in [1.54, 1.807) is 7.11 Å². The standard InChI is InChI=1S/C13H22O3Si/c1-15-9-16-13-7-5-6-10(12(13)14)11(13)8-17(2,3)4/h8,10H,5-7,9H2,1-4H3/b11-8-/t10-,13+/m0/s1. The molecule has 3 fully saturated rings. The molecule has 17 heavy (non-hydrogen) atoms. The lowest BCUT2D eigenvalue weighted by molar-refractivity contribution is -0.181. The Kier molecular flexibility index (Phi) is 3.31. The summed E-state index contributed by atoms with van der Waals surface area (Å²) in [5.41, 5.74) is 3.00. The lowest BCUT2D eigenvalue weighted by atomic mass is 9.57. The first-order valence-electron chi connectivity index (χ1n) is 6.31. The van der Waals surface area contributed by atoms with Crippen molar-refractivity contribution >= 4 is 13.9 Å². The van der Waals surface area contributed by atoms with Crippen LogP contribution in [0, 0.1) is 5.92 Å². The molecule has 0 aromatic heterocycles. The van der Waals surface area contributed by atoms with Crippen LogP contribution in [0.25, 0.3) is 0 Å². The maximum Gasteiger partial charge on any atom is 0.176 e. The van der Waals surface area contributed by atoms with Crippen molar-refractivity contribution in [3.8, 4) is 0 Å². The third-order valence-corrected chi connectivity index (χ3v) is 4.77. The first-order valence-corrected chi connectivity index (χ1v) is 9.89. The van der Waals surface area contributed by atoms with Gasteiger partial charge in [-0.2, -0.15) is 0 Å². The molecule has 0 aromatic carbocycles. The Bertz CT molecular complexity index is 356. The van der Waals surface area contributed by atoms with E-state index >= 15 is 0 Å². The van der Waals surface area contributed by atoms with Crippen molar-refractivity contribution in [3.05, 3.63) is 11.3 Å². The van der Waals surface area contributed by atoms with Gasteiger partial charge in [0.2, 0.25) is 0 Å². The van der Waals surface area contributed by atoms with E-state index in [1.165, 1.54) is 5.57 Å². The zero-order valence-corrected chi connectivity index (χ0v) is 12.2. The molecule has 0 aromatic rings. The molecular weight excluding hydrogens is 232 g/mol. The number of rotatable bonds is 4. The van der Waals surface area contributed by atoms with Gasteiger partial charge < -0.3 is 9.47 Å². The molecule has 0 saturated heterocycles. The first-order chi connectivity index (χ1) is 7.91. The van der Waals surface area contributed by atoms with Gasteiger partial charge in [0.15, 0.2) is 11.4 Å². The molecule has 4 heteroatoms. The van der Waals surface area contributed by atoms with E-state index in [-0.39, 0.29) is 18.5 Å². The van der Waals surface area contributed by atoms with E-state index in [0.717, 1.165) is 19.3 Å². The maximum absolute atomic E-state index is 12.2. The van der Waals surface area contributed by atoms with Gasteiger partial charge in [-0.1, -0.05) is 25.3 Å². The van der Waals surface area contributed by atoms with Crippen molar-refractivity contribution in [2.24, 2.45) is 5.92 Å². The highest BCUT2D eigenvalue weighted by atomic mass is 28.3. The van der Waals surface area contributed by atoms with E-state index in [4.69, 9.17) is 9.47 Å². The van der Waals surface area contributed by atoms with E-state index in [0.29, 0.717) is 0 Å². The molecule has 0 heterocycles. The molecule has 0 spiro atoms. The molecule has 3 rings (SSSR count). The number of Topliss-reactive ketones (excluding diaryl/α,β-unsaturated/α-hetero) is 1. The highest BCUT2D eigenvalue weighted by Crippen LogP contribution is 2.53. The largest absolute Gasteiger partial charge is 0.359 e. The number of hydrogen-bond donors (Lipinski definition) is 0. The molecule has 3 aliphatic rings. The highest BCUT2D eigenvalue weighted by molar-refractivity contribution is 6.81. The zero-order chi connectivity index (χ0) is 12.7. The van der Waals surface area contributed by atoms with Crippen molar-refractivity contribution in [1.82, 2.24) is 0 Å². The number of fused-ring (bicyclic) bond motifs is 2. The van der Waals surface area contributed by atoms with Crippen LogP contribution in [0.1, 0.15) is 19.3 Å². The van der Waals surface area contributed by atoms with Gasteiger partial charge in [0.05, 0.1) is 8.07 Å². The summed E-state index contributed by atoms with van der Waals surface area (Å²) in [5, 5.41) is 0. The second kappa shape index (κ2) is 4.34. The summed E-state index contributed by atoms with van der Waals surface area (Å²) in [7, 11) is 0.292. The van der Waals surface area contributed by atoms with Gasteiger partial charge in [-0.25, -0.2) is 0 Å². The number of ketones is 1. The summed E-state index contributed by atoms with van der Waals surface area (Å²) in [6.07, 6.45) is 2.93. The third kappa shape index (κ3) is 2.14. The molecule has 2 atom stereocenters. The average Bonchev–Trinajstić information content (AvgIpc) is 2.26.